The second kappa shape index (κ2) is 8.03. The predicted molar refractivity (Wildman–Crippen MR) is 112 cm³/mol. The SMILES string of the molecule is O=C(NN1C(=O)NC2(CCCCC2)C1=O)c1ccc(NS(=O)(=O)c2ccccc2)cc1. The molecule has 2 aliphatic rings. The van der Waals surface area contributed by atoms with Crippen molar-refractivity contribution >= 4 is 33.6 Å². The molecule has 31 heavy (non-hydrogen) atoms. The Hall–Kier alpha value is -3.40. The van der Waals surface area contributed by atoms with Crippen LogP contribution in [-0.2, 0) is 14.8 Å². The lowest BCUT2D eigenvalue weighted by atomic mass is 9.82. The molecule has 2 aromatic carbocycles. The third-order valence-electron chi connectivity index (χ3n) is 5.54. The normalized spacial score (nSPS) is 18.0. The molecule has 0 bridgehead atoms. The second-order valence-electron chi connectivity index (χ2n) is 7.65. The summed E-state index contributed by atoms with van der Waals surface area (Å²) in [5.74, 6) is -1.09. The summed E-state index contributed by atoms with van der Waals surface area (Å²) < 4.78 is 27.2. The first kappa shape index (κ1) is 20.9. The standard InChI is InChI=1S/C21H22N4O5S/c26-18(23-25-19(27)21(22-20(25)28)13-5-2-6-14-21)15-9-11-16(12-10-15)24-31(29,30)17-7-3-1-4-8-17/h1,3-4,7-12,24H,2,5-6,13-14H2,(H,22,28)(H,23,26). The number of hydrazine groups is 1. The van der Waals surface area contributed by atoms with E-state index in [-0.39, 0.29) is 16.1 Å². The first-order valence-corrected chi connectivity index (χ1v) is 11.4. The molecule has 0 unspecified atom stereocenters. The number of hydrogen-bond acceptors (Lipinski definition) is 5. The molecule has 0 aromatic heterocycles. The minimum absolute atomic E-state index is 0.118. The molecule has 1 saturated heterocycles. The number of hydrogen-bond donors (Lipinski definition) is 3. The largest absolute Gasteiger partial charge is 0.344 e. The van der Waals surface area contributed by atoms with Crippen LogP contribution in [0.4, 0.5) is 10.5 Å². The van der Waals surface area contributed by atoms with Crippen LogP contribution < -0.4 is 15.5 Å². The number of carbonyl (C=O) groups is 3. The van der Waals surface area contributed by atoms with Gasteiger partial charge in [0.15, 0.2) is 0 Å². The summed E-state index contributed by atoms with van der Waals surface area (Å²) in [4.78, 5) is 37.7. The van der Waals surface area contributed by atoms with E-state index in [1.807, 2.05) is 0 Å². The van der Waals surface area contributed by atoms with Crippen LogP contribution in [0.5, 0.6) is 0 Å². The molecule has 4 amide bonds. The van der Waals surface area contributed by atoms with Crippen molar-refractivity contribution in [3.05, 3.63) is 60.2 Å². The highest BCUT2D eigenvalue weighted by Gasteiger charge is 2.52. The number of nitrogens with zero attached hydrogens (tertiary/aromatic N) is 1. The van der Waals surface area contributed by atoms with Crippen molar-refractivity contribution in [1.82, 2.24) is 15.8 Å². The van der Waals surface area contributed by atoms with Crippen LogP contribution >= 0.6 is 0 Å². The zero-order chi connectivity index (χ0) is 22.1. The molecule has 1 saturated carbocycles. The van der Waals surface area contributed by atoms with Crippen molar-refractivity contribution < 1.29 is 22.8 Å². The van der Waals surface area contributed by atoms with Gasteiger partial charge in [-0.25, -0.2) is 13.2 Å². The summed E-state index contributed by atoms with van der Waals surface area (Å²) in [6.07, 6.45) is 3.81. The van der Waals surface area contributed by atoms with Crippen molar-refractivity contribution in [2.45, 2.75) is 42.5 Å². The van der Waals surface area contributed by atoms with Crippen LogP contribution in [0.25, 0.3) is 0 Å². The fourth-order valence-corrected chi connectivity index (χ4v) is 4.97. The summed E-state index contributed by atoms with van der Waals surface area (Å²) in [5.41, 5.74) is 1.87. The summed E-state index contributed by atoms with van der Waals surface area (Å²) in [5, 5.41) is 3.46. The molecule has 1 spiro atoms. The number of sulfonamides is 1. The van der Waals surface area contributed by atoms with Gasteiger partial charge in [-0.1, -0.05) is 37.5 Å². The highest BCUT2D eigenvalue weighted by molar-refractivity contribution is 7.92. The van der Waals surface area contributed by atoms with Gasteiger partial charge in [-0.05, 0) is 49.2 Å². The molecule has 10 heteroatoms. The van der Waals surface area contributed by atoms with Crippen LogP contribution in [0.15, 0.2) is 59.5 Å². The summed E-state index contributed by atoms with van der Waals surface area (Å²) in [6, 6.07) is 12.9. The quantitative estimate of drug-likeness (QED) is 0.613. The Bertz CT molecular complexity index is 1110. The average molecular weight is 442 g/mol. The zero-order valence-corrected chi connectivity index (χ0v) is 17.4. The Morgan fingerprint density at radius 1 is 0.935 bits per heavy atom. The van der Waals surface area contributed by atoms with Crippen LogP contribution in [0, 0.1) is 0 Å². The van der Waals surface area contributed by atoms with E-state index in [1.165, 1.54) is 36.4 Å². The van der Waals surface area contributed by atoms with E-state index in [4.69, 9.17) is 0 Å². The monoisotopic (exact) mass is 442 g/mol. The lowest BCUT2D eigenvalue weighted by Crippen LogP contribution is -2.50. The van der Waals surface area contributed by atoms with Gasteiger partial charge in [0.05, 0.1) is 4.90 Å². The number of benzene rings is 2. The summed E-state index contributed by atoms with van der Waals surface area (Å²) >= 11 is 0. The van der Waals surface area contributed by atoms with Crippen LogP contribution in [0.1, 0.15) is 42.5 Å². The molecular weight excluding hydrogens is 420 g/mol. The Labute approximate surface area is 179 Å². The molecule has 1 aliphatic heterocycles. The van der Waals surface area contributed by atoms with Gasteiger partial charge in [-0.2, -0.15) is 5.01 Å². The fraction of sp³-hybridized carbons (Fsp3) is 0.286. The molecule has 1 aliphatic carbocycles. The van der Waals surface area contributed by atoms with Crippen LogP contribution in [0.3, 0.4) is 0 Å². The number of amides is 4. The van der Waals surface area contributed by atoms with E-state index in [2.05, 4.69) is 15.5 Å². The first-order chi connectivity index (χ1) is 14.8. The van der Waals surface area contributed by atoms with Crippen LogP contribution in [-0.4, -0.2) is 36.8 Å². The van der Waals surface area contributed by atoms with Gasteiger partial charge in [-0.3, -0.25) is 19.7 Å². The Kier molecular flexibility index (Phi) is 5.40. The van der Waals surface area contributed by atoms with Gasteiger partial charge < -0.3 is 5.32 Å². The number of nitrogens with one attached hydrogen (secondary N) is 3. The molecule has 3 N–H and O–H groups in total. The highest BCUT2D eigenvalue weighted by atomic mass is 32.2. The smallest absolute Gasteiger partial charge is 0.322 e. The first-order valence-electron chi connectivity index (χ1n) is 9.96. The van der Waals surface area contributed by atoms with E-state index >= 15 is 0 Å². The number of urea groups is 1. The summed E-state index contributed by atoms with van der Waals surface area (Å²) in [7, 11) is -3.75. The highest BCUT2D eigenvalue weighted by Crippen LogP contribution is 2.33. The Morgan fingerprint density at radius 3 is 2.23 bits per heavy atom. The van der Waals surface area contributed by atoms with Crippen molar-refractivity contribution in [2.75, 3.05) is 4.72 Å². The molecule has 4 rings (SSSR count). The van der Waals surface area contributed by atoms with Crippen molar-refractivity contribution in [1.29, 1.82) is 0 Å². The molecule has 162 valence electrons. The molecule has 1 heterocycles. The topological polar surface area (TPSA) is 125 Å². The lowest BCUT2D eigenvalue weighted by molar-refractivity contribution is -0.134. The maximum Gasteiger partial charge on any atom is 0.344 e. The van der Waals surface area contributed by atoms with Gasteiger partial charge in [0.25, 0.3) is 21.8 Å². The third-order valence-corrected chi connectivity index (χ3v) is 6.93. The van der Waals surface area contributed by atoms with E-state index in [9.17, 15) is 22.8 Å². The van der Waals surface area contributed by atoms with Crippen LogP contribution in [0.2, 0.25) is 0 Å². The number of rotatable bonds is 5. The van der Waals surface area contributed by atoms with E-state index < -0.39 is 33.4 Å². The minimum Gasteiger partial charge on any atom is -0.322 e. The van der Waals surface area contributed by atoms with Crippen molar-refractivity contribution in [3.8, 4) is 0 Å². The van der Waals surface area contributed by atoms with Gasteiger partial charge in [0.2, 0.25) is 0 Å². The number of imide groups is 1. The van der Waals surface area contributed by atoms with E-state index in [0.29, 0.717) is 12.8 Å². The zero-order valence-electron chi connectivity index (χ0n) is 16.6. The molecular formula is C21H22N4O5S. The van der Waals surface area contributed by atoms with Crippen molar-refractivity contribution in [3.63, 3.8) is 0 Å². The average Bonchev–Trinajstić information content (AvgIpc) is 2.99. The van der Waals surface area contributed by atoms with Crippen molar-refractivity contribution in [2.24, 2.45) is 0 Å². The van der Waals surface area contributed by atoms with E-state index in [1.54, 1.807) is 18.2 Å². The Balaban J connectivity index is 1.43. The van der Waals surface area contributed by atoms with Gasteiger partial charge in [0, 0.05) is 11.3 Å². The molecule has 0 radical (unpaired) electrons. The van der Waals surface area contributed by atoms with Gasteiger partial charge >= 0.3 is 6.03 Å². The predicted octanol–water partition coefficient (Wildman–Crippen LogP) is 2.39. The third kappa shape index (κ3) is 4.11. The summed E-state index contributed by atoms with van der Waals surface area (Å²) in [6.45, 7) is 0. The second-order valence-corrected chi connectivity index (χ2v) is 9.33. The lowest BCUT2D eigenvalue weighted by Gasteiger charge is -2.30. The molecule has 0 atom stereocenters. The fourth-order valence-electron chi connectivity index (χ4n) is 3.89. The molecule has 2 aromatic rings. The minimum atomic E-state index is -3.75. The molecule has 9 nitrogen and oxygen atoms in total. The van der Waals surface area contributed by atoms with Gasteiger partial charge in [-0.15, -0.1) is 0 Å². The number of carbonyl (C=O) groups excluding carboxylic acids is 3. The van der Waals surface area contributed by atoms with E-state index in [0.717, 1.165) is 24.3 Å². The maximum absolute atomic E-state index is 12.8. The maximum atomic E-state index is 12.8. The molecule has 2 fully saturated rings. The Morgan fingerprint density at radius 2 is 1.58 bits per heavy atom. The number of anilines is 1. The van der Waals surface area contributed by atoms with Gasteiger partial charge in [0.1, 0.15) is 5.54 Å².